The van der Waals surface area contributed by atoms with Crippen molar-refractivity contribution in [2.24, 2.45) is 0 Å². The second-order valence-electron chi connectivity index (χ2n) is 4.56. The SMILES string of the molecule is COCC#Cc1ccc(C(C)(C)C)cc1. The van der Waals surface area contributed by atoms with Crippen LogP contribution in [0.25, 0.3) is 0 Å². The van der Waals surface area contributed by atoms with E-state index in [-0.39, 0.29) is 5.41 Å². The Morgan fingerprint density at radius 3 is 2.20 bits per heavy atom. The molecular weight excluding hydrogens is 184 g/mol. The van der Waals surface area contributed by atoms with Crippen LogP contribution in [0.4, 0.5) is 0 Å². The molecule has 1 rings (SSSR count). The number of methoxy groups -OCH3 is 1. The van der Waals surface area contributed by atoms with Gasteiger partial charge in [-0.3, -0.25) is 0 Å². The van der Waals surface area contributed by atoms with Crippen molar-refractivity contribution in [3.8, 4) is 11.8 Å². The molecule has 80 valence electrons. The molecule has 0 aliphatic carbocycles. The smallest absolute Gasteiger partial charge is 0.107 e. The highest BCUT2D eigenvalue weighted by Gasteiger charge is 2.12. The Labute approximate surface area is 92.5 Å². The fraction of sp³-hybridized carbons (Fsp3) is 0.429. The van der Waals surface area contributed by atoms with Gasteiger partial charge in [-0.15, -0.1) is 0 Å². The zero-order chi connectivity index (χ0) is 11.3. The second-order valence-corrected chi connectivity index (χ2v) is 4.56. The molecule has 0 heterocycles. The van der Waals surface area contributed by atoms with Crippen molar-refractivity contribution in [3.63, 3.8) is 0 Å². The average molecular weight is 202 g/mol. The molecule has 0 aliphatic heterocycles. The normalized spacial score (nSPS) is 10.7. The molecule has 1 heteroatoms. The minimum atomic E-state index is 0.207. The van der Waals surface area contributed by atoms with E-state index in [1.165, 1.54) is 5.56 Å². The van der Waals surface area contributed by atoms with E-state index < -0.39 is 0 Å². The van der Waals surface area contributed by atoms with Crippen molar-refractivity contribution in [2.45, 2.75) is 26.2 Å². The summed E-state index contributed by atoms with van der Waals surface area (Å²) in [5, 5.41) is 0. The van der Waals surface area contributed by atoms with Crippen LogP contribution in [0, 0.1) is 11.8 Å². The molecule has 1 aromatic carbocycles. The van der Waals surface area contributed by atoms with Gasteiger partial charge in [-0.05, 0) is 23.1 Å². The fourth-order valence-electron chi connectivity index (χ4n) is 1.26. The molecule has 1 aromatic rings. The minimum Gasteiger partial charge on any atom is -0.372 e. The first kappa shape index (κ1) is 11.8. The Hall–Kier alpha value is -1.26. The maximum absolute atomic E-state index is 4.87. The summed E-state index contributed by atoms with van der Waals surface area (Å²) in [6.45, 7) is 7.11. The molecule has 15 heavy (non-hydrogen) atoms. The standard InChI is InChI=1S/C14H18O/c1-14(2,3)13-9-7-12(8-10-13)6-5-11-15-4/h7-10H,11H2,1-4H3. The summed E-state index contributed by atoms with van der Waals surface area (Å²) in [7, 11) is 1.65. The van der Waals surface area contributed by atoms with Crippen molar-refractivity contribution >= 4 is 0 Å². The lowest BCUT2D eigenvalue weighted by Crippen LogP contribution is -2.10. The summed E-state index contributed by atoms with van der Waals surface area (Å²) in [5.41, 5.74) is 2.58. The maximum Gasteiger partial charge on any atom is 0.107 e. The van der Waals surface area contributed by atoms with Gasteiger partial charge in [0.2, 0.25) is 0 Å². The molecule has 0 saturated heterocycles. The lowest BCUT2D eigenvalue weighted by molar-refractivity contribution is 0.240. The van der Waals surface area contributed by atoms with E-state index in [1.807, 2.05) is 0 Å². The summed E-state index contributed by atoms with van der Waals surface area (Å²) in [6, 6.07) is 8.39. The lowest BCUT2D eigenvalue weighted by Gasteiger charge is -2.18. The van der Waals surface area contributed by atoms with Crippen LogP contribution in [0.3, 0.4) is 0 Å². The van der Waals surface area contributed by atoms with Crippen LogP contribution in [0.1, 0.15) is 31.9 Å². The summed E-state index contributed by atoms with van der Waals surface area (Å²) < 4.78 is 4.87. The second kappa shape index (κ2) is 5.00. The van der Waals surface area contributed by atoms with Crippen LogP contribution >= 0.6 is 0 Å². The Balaban J connectivity index is 2.79. The third-order valence-electron chi connectivity index (χ3n) is 2.20. The summed E-state index contributed by atoms with van der Waals surface area (Å²) in [5.74, 6) is 5.99. The third kappa shape index (κ3) is 3.77. The molecule has 0 unspecified atom stereocenters. The quantitative estimate of drug-likeness (QED) is 0.636. The molecule has 0 atom stereocenters. The Morgan fingerprint density at radius 2 is 1.73 bits per heavy atom. The van der Waals surface area contributed by atoms with Crippen LogP contribution in [0.15, 0.2) is 24.3 Å². The predicted molar refractivity (Wildman–Crippen MR) is 63.9 cm³/mol. The Morgan fingerprint density at radius 1 is 1.13 bits per heavy atom. The maximum atomic E-state index is 4.87. The molecule has 0 spiro atoms. The van der Waals surface area contributed by atoms with E-state index in [4.69, 9.17) is 4.74 Å². The van der Waals surface area contributed by atoms with Crippen LogP contribution < -0.4 is 0 Å². The van der Waals surface area contributed by atoms with Gasteiger partial charge in [0.05, 0.1) is 0 Å². The molecule has 0 aliphatic rings. The minimum absolute atomic E-state index is 0.207. The summed E-state index contributed by atoms with van der Waals surface area (Å²) in [4.78, 5) is 0. The van der Waals surface area contributed by atoms with Crippen molar-refractivity contribution in [3.05, 3.63) is 35.4 Å². The van der Waals surface area contributed by atoms with Gasteiger partial charge in [0, 0.05) is 12.7 Å². The third-order valence-corrected chi connectivity index (χ3v) is 2.20. The topological polar surface area (TPSA) is 9.23 Å². The number of benzene rings is 1. The van der Waals surface area contributed by atoms with Crippen LogP contribution in [-0.4, -0.2) is 13.7 Å². The predicted octanol–water partition coefficient (Wildman–Crippen LogP) is 2.98. The number of rotatable bonds is 1. The molecule has 1 nitrogen and oxygen atoms in total. The van der Waals surface area contributed by atoms with E-state index in [1.54, 1.807) is 7.11 Å². The van der Waals surface area contributed by atoms with Crippen LogP contribution in [0.2, 0.25) is 0 Å². The van der Waals surface area contributed by atoms with E-state index in [2.05, 4.69) is 56.9 Å². The van der Waals surface area contributed by atoms with E-state index >= 15 is 0 Å². The fourth-order valence-corrected chi connectivity index (χ4v) is 1.26. The summed E-state index contributed by atoms with van der Waals surface area (Å²) in [6.07, 6.45) is 0. The van der Waals surface area contributed by atoms with Gasteiger partial charge in [0.25, 0.3) is 0 Å². The average Bonchev–Trinajstić information content (AvgIpc) is 2.18. The van der Waals surface area contributed by atoms with Gasteiger partial charge in [-0.2, -0.15) is 0 Å². The van der Waals surface area contributed by atoms with E-state index in [0.717, 1.165) is 5.56 Å². The van der Waals surface area contributed by atoms with Crippen molar-refractivity contribution in [2.75, 3.05) is 13.7 Å². The molecular formula is C14H18O. The number of hydrogen-bond donors (Lipinski definition) is 0. The Kier molecular flexibility index (Phi) is 3.94. The van der Waals surface area contributed by atoms with Gasteiger partial charge >= 0.3 is 0 Å². The van der Waals surface area contributed by atoms with Crippen LogP contribution in [0.5, 0.6) is 0 Å². The highest BCUT2D eigenvalue weighted by Crippen LogP contribution is 2.21. The first-order chi connectivity index (χ1) is 7.04. The first-order valence-corrected chi connectivity index (χ1v) is 5.12. The van der Waals surface area contributed by atoms with Gasteiger partial charge in [-0.1, -0.05) is 44.7 Å². The van der Waals surface area contributed by atoms with Gasteiger partial charge in [-0.25, -0.2) is 0 Å². The van der Waals surface area contributed by atoms with Gasteiger partial charge < -0.3 is 4.74 Å². The molecule has 0 bridgehead atoms. The van der Waals surface area contributed by atoms with Crippen LogP contribution in [-0.2, 0) is 10.2 Å². The van der Waals surface area contributed by atoms with Crippen molar-refractivity contribution in [1.29, 1.82) is 0 Å². The number of ether oxygens (including phenoxy) is 1. The monoisotopic (exact) mass is 202 g/mol. The highest BCUT2D eigenvalue weighted by atomic mass is 16.5. The molecule has 0 aromatic heterocycles. The molecule has 0 N–H and O–H groups in total. The lowest BCUT2D eigenvalue weighted by atomic mass is 9.87. The van der Waals surface area contributed by atoms with E-state index in [0.29, 0.717) is 6.61 Å². The molecule has 0 amide bonds. The molecule has 0 fully saturated rings. The highest BCUT2D eigenvalue weighted by molar-refractivity contribution is 5.37. The molecule has 0 saturated carbocycles. The number of hydrogen-bond acceptors (Lipinski definition) is 1. The first-order valence-electron chi connectivity index (χ1n) is 5.12. The van der Waals surface area contributed by atoms with Crippen molar-refractivity contribution in [1.82, 2.24) is 0 Å². The Bertz CT molecular complexity index is 357. The summed E-state index contributed by atoms with van der Waals surface area (Å²) >= 11 is 0. The zero-order valence-electron chi connectivity index (χ0n) is 9.92. The zero-order valence-corrected chi connectivity index (χ0v) is 9.92. The largest absolute Gasteiger partial charge is 0.372 e. The van der Waals surface area contributed by atoms with Crippen molar-refractivity contribution < 1.29 is 4.74 Å². The van der Waals surface area contributed by atoms with E-state index in [9.17, 15) is 0 Å². The van der Waals surface area contributed by atoms with Gasteiger partial charge in [0.15, 0.2) is 0 Å². The van der Waals surface area contributed by atoms with Gasteiger partial charge in [0.1, 0.15) is 6.61 Å². The molecule has 0 radical (unpaired) electrons.